The lowest BCUT2D eigenvalue weighted by molar-refractivity contribution is -0.138. The largest absolute Gasteiger partial charge is 0.454 e. The van der Waals surface area contributed by atoms with E-state index in [4.69, 9.17) is 15.2 Å². The van der Waals surface area contributed by atoms with Crippen LogP contribution in [0.1, 0.15) is 22.8 Å². The van der Waals surface area contributed by atoms with Crippen LogP contribution in [-0.2, 0) is 10.3 Å². The number of ether oxygens (including phenoxy) is 2. The van der Waals surface area contributed by atoms with Crippen LogP contribution in [0.2, 0.25) is 0 Å². The Bertz CT molecular complexity index is 896. The molecule has 2 N–H and O–H groups in total. The van der Waals surface area contributed by atoms with E-state index in [2.05, 4.69) is 0 Å². The fourth-order valence-corrected chi connectivity index (χ4v) is 3.56. The highest BCUT2D eigenvalue weighted by Crippen LogP contribution is 2.33. The van der Waals surface area contributed by atoms with Gasteiger partial charge in [0.15, 0.2) is 11.5 Å². The first-order chi connectivity index (χ1) is 13.5. The number of hydrogen-bond acceptors (Lipinski definition) is 5. The normalized spacial score (nSPS) is 17.3. The Morgan fingerprint density at radius 3 is 2.24 bits per heavy atom. The fourth-order valence-electron chi connectivity index (χ4n) is 3.56. The molecular formula is C21H24ClN3O4. The van der Waals surface area contributed by atoms with E-state index < -0.39 is 5.54 Å². The van der Waals surface area contributed by atoms with Crippen molar-refractivity contribution in [3.8, 4) is 11.5 Å². The topological polar surface area (TPSA) is 85.1 Å². The van der Waals surface area contributed by atoms with Gasteiger partial charge in [-0.05, 0) is 30.7 Å². The van der Waals surface area contributed by atoms with Gasteiger partial charge in [0.2, 0.25) is 12.7 Å². The molecule has 2 aliphatic heterocycles. The summed E-state index contributed by atoms with van der Waals surface area (Å²) in [4.78, 5) is 29.2. The molecule has 2 amide bonds. The summed E-state index contributed by atoms with van der Waals surface area (Å²) >= 11 is 0. The maximum atomic E-state index is 13.0. The molecule has 0 bridgehead atoms. The summed E-state index contributed by atoms with van der Waals surface area (Å²) in [5.74, 6) is 1.02. The number of carbonyl (C=O) groups is 2. The van der Waals surface area contributed by atoms with Crippen molar-refractivity contribution in [2.45, 2.75) is 12.5 Å². The number of nitrogens with zero attached hydrogens (tertiary/aromatic N) is 2. The smallest absolute Gasteiger partial charge is 0.254 e. The zero-order valence-corrected chi connectivity index (χ0v) is 17.0. The van der Waals surface area contributed by atoms with Gasteiger partial charge in [0, 0.05) is 31.7 Å². The molecule has 1 fully saturated rings. The van der Waals surface area contributed by atoms with Crippen LogP contribution >= 0.6 is 12.4 Å². The van der Waals surface area contributed by atoms with Gasteiger partial charge in [-0.3, -0.25) is 9.59 Å². The number of piperazine rings is 1. The highest BCUT2D eigenvalue weighted by Gasteiger charge is 2.36. The zero-order chi connectivity index (χ0) is 19.7. The molecule has 2 aromatic carbocycles. The maximum Gasteiger partial charge on any atom is 0.254 e. The van der Waals surface area contributed by atoms with Crippen LogP contribution < -0.4 is 15.2 Å². The van der Waals surface area contributed by atoms with Gasteiger partial charge in [-0.1, -0.05) is 30.3 Å². The molecule has 8 heteroatoms. The van der Waals surface area contributed by atoms with Crippen molar-refractivity contribution in [2.24, 2.45) is 5.73 Å². The summed E-state index contributed by atoms with van der Waals surface area (Å²) in [6.45, 7) is 3.74. The number of amides is 2. The molecule has 0 radical (unpaired) electrons. The van der Waals surface area contributed by atoms with Crippen LogP contribution in [0.3, 0.4) is 0 Å². The third-order valence-corrected chi connectivity index (χ3v) is 5.29. The maximum absolute atomic E-state index is 13.0. The third kappa shape index (κ3) is 4.02. The average Bonchev–Trinajstić information content (AvgIpc) is 3.21. The minimum atomic E-state index is -1.09. The number of nitrogens with two attached hydrogens (primary N) is 1. The number of halogens is 1. The van der Waals surface area contributed by atoms with Gasteiger partial charge < -0.3 is 25.0 Å². The number of hydrogen-bond donors (Lipinski definition) is 1. The Hall–Kier alpha value is -2.77. The predicted molar refractivity (Wildman–Crippen MR) is 110 cm³/mol. The summed E-state index contributed by atoms with van der Waals surface area (Å²) in [6.07, 6.45) is 0. The molecular weight excluding hydrogens is 394 g/mol. The summed E-state index contributed by atoms with van der Waals surface area (Å²) in [5.41, 5.74) is 6.59. The zero-order valence-electron chi connectivity index (χ0n) is 16.2. The lowest BCUT2D eigenvalue weighted by Crippen LogP contribution is -2.57. The quantitative estimate of drug-likeness (QED) is 0.825. The van der Waals surface area contributed by atoms with Crippen molar-refractivity contribution in [2.75, 3.05) is 33.0 Å². The Morgan fingerprint density at radius 2 is 1.55 bits per heavy atom. The van der Waals surface area contributed by atoms with E-state index in [1.165, 1.54) is 0 Å². The molecule has 29 heavy (non-hydrogen) atoms. The molecule has 2 aromatic rings. The van der Waals surface area contributed by atoms with Crippen LogP contribution in [0.15, 0.2) is 48.5 Å². The molecule has 0 aromatic heterocycles. The van der Waals surface area contributed by atoms with Crippen LogP contribution in [0.5, 0.6) is 11.5 Å². The number of rotatable bonds is 3. The lowest BCUT2D eigenvalue weighted by atomic mass is 9.91. The van der Waals surface area contributed by atoms with E-state index in [1.807, 2.05) is 30.3 Å². The van der Waals surface area contributed by atoms with Gasteiger partial charge in [0.25, 0.3) is 5.91 Å². The van der Waals surface area contributed by atoms with Crippen LogP contribution in [0.25, 0.3) is 0 Å². The monoisotopic (exact) mass is 417 g/mol. The minimum absolute atomic E-state index is 0. The Morgan fingerprint density at radius 1 is 0.931 bits per heavy atom. The van der Waals surface area contributed by atoms with E-state index in [0.29, 0.717) is 43.2 Å². The van der Waals surface area contributed by atoms with Gasteiger partial charge in [-0.2, -0.15) is 0 Å². The Kier molecular flexibility index (Phi) is 6.00. The molecule has 1 unspecified atom stereocenters. The van der Waals surface area contributed by atoms with Crippen molar-refractivity contribution in [1.29, 1.82) is 0 Å². The van der Waals surface area contributed by atoms with E-state index in [1.54, 1.807) is 34.9 Å². The van der Waals surface area contributed by atoms with Crippen molar-refractivity contribution in [3.05, 3.63) is 59.7 Å². The molecule has 0 aliphatic carbocycles. The van der Waals surface area contributed by atoms with E-state index >= 15 is 0 Å². The Labute approximate surface area is 175 Å². The first kappa shape index (κ1) is 21.0. The summed E-state index contributed by atoms with van der Waals surface area (Å²) in [5, 5.41) is 0. The molecule has 154 valence electrons. The van der Waals surface area contributed by atoms with Crippen molar-refractivity contribution in [1.82, 2.24) is 9.80 Å². The van der Waals surface area contributed by atoms with Gasteiger partial charge in [-0.25, -0.2) is 0 Å². The number of fused-ring (bicyclic) bond motifs is 1. The number of carbonyl (C=O) groups excluding carboxylic acids is 2. The molecule has 2 heterocycles. The lowest BCUT2D eigenvalue weighted by Gasteiger charge is -2.38. The number of benzene rings is 2. The highest BCUT2D eigenvalue weighted by atomic mass is 35.5. The van der Waals surface area contributed by atoms with Gasteiger partial charge in [0.05, 0.1) is 0 Å². The van der Waals surface area contributed by atoms with Crippen LogP contribution in [0, 0.1) is 0 Å². The Balaban J connectivity index is 0.00000240. The summed E-state index contributed by atoms with van der Waals surface area (Å²) in [6, 6.07) is 14.5. The molecule has 7 nitrogen and oxygen atoms in total. The fraction of sp³-hybridized carbons (Fsp3) is 0.333. The second-order valence-electron chi connectivity index (χ2n) is 7.22. The highest BCUT2D eigenvalue weighted by molar-refractivity contribution is 5.95. The van der Waals surface area contributed by atoms with Crippen LogP contribution in [0.4, 0.5) is 0 Å². The molecule has 1 atom stereocenters. The van der Waals surface area contributed by atoms with Crippen molar-refractivity contribution < 1.29 is 19.1 Å². The average molecular weight is 418 g/mol. The summed E-state index contributed by atoms with van der Waals surface area (Å²) in [7, 11) is 0. The van der Waals surface area contributed by atoms with Gasteiger partial charge in [0.1, 0.15) is 5.54 Å². The van der Waals surface area contributed by atoms with E-state index in [0.717, 1.165) is 5.56 Å². The first-order valence-corrected chi connectivity index (χ1v) is 9.29. The standard InChI is InChI=1S/C21H23N3O4.ClH/c1-21(22,16-5-3-2-4-6-16)20(26)24-11-9-23(10-12-24)19(25)15-7-8-17-18(13-15)28-14-27-17;/h2-8,13H,9-12,14,22H2,1H3;1H. The van der Waals surface area contributed by atoms with Gasteiger partial charge >= 0.3 is 0 Å². The molecule has 4 rings (SSSR count). The predicted octanol–water partition coefficient (Wildman–Crippen LogP) is 2.00. The van der Waals surface area contributed by atoms with E-state index in [-0.39, 0.29) is 31.0 Å². The van der Waals surface area contributed by atoms with Crippen LogP contribution in [-0.4, -0.2) is 54.6 Å². The first-order valence-electron chi connectivity index (χ1n) is 9.29. The summed E-state index contributed by atoms with van der Waals surface area (Å²) < 4.78 is 10.6. The molecule has 0 spiro atoms. The third-order valence-electron chi connectivity index (χ3n) is 5.29. The van der Waals surface area contributed by atoms with Crippen molar-refractivity contribution in [3.63, 3.8) is 0 Å². The van der Waals surface area contributed by atoms with Crippen molar-refractivity contribution >= 4 is 24.2 Å². The SMILES string of the molecule is CC(N)(C(=O)N1CCN(C(=O)c2ccc3c(c2)OCO3)CC1)c1ccccc1.Cl. The van der Waals surface area contributed by atoms with Gasteiger partial charge in [-0.15, -0.1) is 12.4 Å². The molecule has 1 saturated heterocycles. The second kappa shape index (κ2) is 8.31. The molecule has 0 saturated carbocycles. The minimum Gasteiger partial charge on any atom is -0.454 e. The molecule has 2 aliphatic rings. The van der Waals surface area contributed by atoms with E-state index in [9.17, 15) is 9.59 Å². The second-order valence-corrected chi connectivity index (χ2v) is 7.22.